The van der Waals surface area contributed by atoms with Crippen LogP contribution in [0.1, 0.15) is 150 Å². The lowest BCUT2D eigenvalue weighted by Crippen LogP contribution is -2.60. The Morgan fingerprint density at radius 3 is 1.85 bits per heavy atom. The Kier molecular flexibility index (Phi) is 33.9. The summed E-state index contributed by atoms with van der Waals surface area (Å²) in [5.74, 6) is -7.62. The van der Waals surface area contributed by atoms with Gasteiger partial charge in [-0.25, -0.2) is 4.79 Å². The predicted molar refractivity (Wildman–Crippen MR) is 365 cm³/mol. The molecule has 0 saturated carbocycles. The maximum absolute atomic E-state index is 14.9. The van der Waals surface area contributed by atoms with Gasteiger partial charge in [0.05, 0.1) is 68.4 Å². The molecule has 10 N–H and O–H groups in total. The van der Waals surface area contributed by atoms with E-state index in [-0.39, 0.29) is 86.7 Å². The molecule has 1 saturated heterocycles. The van der Waals surface area contributed by atoms with Gasteiger partial charge in [-0.3, -0.25) is 52.6 Å². The van der Waals surface area contributed by atoms with Crippen LogP contribution < -0.4 is 37.6 Å². The number of methoxy groups -OCH3 is 2. The van der Waals surface area contributed by atoms with Crippen molar-refractivity contribution in [3.05, 3.63) is 77.4 Å². The van der Waals surface area contributed by atoms with Gasteiger partial charge >= 0.3 is 13.7 Å². The summed E-state index contributed by atoms with van der Waals surface area (Å²) >= 11 is 0. The van der Waals surface area contributed by atoms with Crippen LogP contribution >= 0.6 is 7.60 Å². The molecule has 13 atom stereocenters. The van der Waals surface area contributed by atoms with Gasteiger partial charge in [0.2, 0.25) is 53.2 Å². The van der Waals surface area contributed by atoms with Gasteiger partial charge in [0.1, 0.15) is 36.4 Å². The minimum Gasteiger partial charge on any atom is -0.465 e. The number of nitrogens with two attached hydrogens (primary N) is 1. The Balaban J connectivity index is 1.36. The number of likely N-dealkylation sites (tertiary alicyclic amines) is 1. The van der Waals surface area contributed by atoms with Crippen LogP contribution in [0.5, 0.6) is 0 Å². The molecule has 3 aromatic rings. The first kappa shape index (κ1) is 83.3. The number of aromatic nitrogens is 4. The van der Waals surface area contributed by atoms with Gasteiger partial charge in [-0.05, 0) is 94.9 Å². The van der Waals surface area contributed by atoms with Crippen molar-refractivity contribution < 1.29 is 81.2 Å². The second-order valence-electron chi connectivity index (χ2n) is 25.7. The maximum atomic E-state index is 14.9. The summed E-state index contributed by atoms with van der Waals surface area (Å²) in [6.07, 6.45) is -3.12. The number of carbonyl (C=O) groups excluding carboxylic acids is 9. The number of nitrogens with zero attached hydrogens (tertiary/aromatic N) is 7. The van der Waals surface area contributed by atoms with E-state index in [0.29, 0.717) is 36.9 Å². The van der Waals surface area contributed by atoms with E-state index < -0.39 is 146 Å². The number of carboxylic acid groups (broad SMARTS) is 1. The van der Waals surface area contributed by atoms with Crippen LogP contribution in [0.15, 0.2) is 54.6 Å². The van der Waals surface area contributed by atoms with Crippen molar-refractivity contribution in [2.45, 2.75) is 207 Å². The van der Waals surface area contributed by atoms with Crippen LogP contribution in [0.25, 0.3) is 0 Å². The number of anilines is 1. The molecule has 31 nitrogen and oxygen atoms in total. The topological polar surface area (TPSA) is 425 Å². The van der Waals surface area contributed by atoms with Crippen molar-refractivity contribution >= 4 is 72.5 Å². The Hall–Kier alpha value is -8.09. The van der Waals surface area contributed by atoms with E-state index >= 15 is 0 Å². The molecule has 2 aromatic carbocycles. The largest absolute Gasteiger partial charge is 0.465 e. The predicted octanol–water partition coefficient (Wildman–Crippen LogP) is 3.82. The monoisotopic (exact) mass is 1410 g/mol. The third kappa shape index (κ3) is 24.9. The number of aliphatic hydroxyl groups excluding tert-OH is 1. The van der Waals surface area contributed by atoms with Crippen molar-refractivity contribution in [3.8, 4) is 0 Å². The molecule has 0 radical (unpaired) electrons. The highest BCUT2D eigenvalue weighted by Crippen LogP contribution is 2.50. The summed E-state index contributed by atoms with van der Waals surface area (Å²) in [4.78, 5) is 140. The second-order valence-corrected chi connectivity index (χ2v) is 27.7. The number of primary amides is 1. The van der Waals surface area contributed by atoms with E-state index in [2.05, 4.69) is 52.3 Å². The first-order valence-corrected chi connectivity index (χ1v) is 35.4. The number of likely N-dealkylation sites (N-methyl/N-ethyl adjacent to an activating group) is 1. The van der Waals surface area contributed by atoms with Gasteiger partial charge in [0, 0.05) is 52.9 Å². The van der Waals surface area contributed by atoms with E-state index in [0.717, 1.165) is 4.90 Å². The van der Waals surface area contributed by atoms with E-state index in [9.17, 15) is 62.7 Å². The number of hydrogen-bond donors (Lipinski definition) is 9. The van der Waals surface area contributed by atoms with Crippen molar-refractivity contribution in [2.75, 3.05) is 52.9 Å². The van der Waals surface area contributed by atoms with Crippen LogP contribution in [0, 0.1) is 23.7 Å². The number of aliphatic hydroxyl groups is 1. The lowest BCUT2D eigenvalue weighted by Gasteiger charge is -2.41. The molecule has 1 aliphatic heterocycles. The zero-order valence-corrected chi connectivity index (χ0v) is 60.6. The van der Waals surface area contributed by atoms with Crippen LogP contribution in [0.2, 0.25) is 0 Å². The Labute approximate surface area is 580 Å². The summed E-state index contributed by atoms with van der Waals surface area (Å²) < 4.78 is 35.3. The van der Waals surface area contributed by atoms with Crippen molar-refractivity contribution in [2.24, 2.45) is 29.4 Å². The third-order valence-electron chi connectivity index (χ3n) is 17.5. The summed E-state index contributed by atoms with van der Waals surface area (Å²) in [5, 5.41) is 53.1. The lowest BCUT2D eigenvalue weighted by molar-refractivity contribution is -0.148. The summed E-state index contributed by atoms with van der Waals surface area (Å²) in [5.41, 5.74) is 6.93. The van der Waals surface area contributed by atoms with Gasteiger partial charge in [-0.15, -0.1) is 20.4 Å². The molecule has 99 heavy (non-hydrogen) atoms. The highest BCUT2D eigenvalue weighted by molar-refractivity contribution is 7.53. The minimum atomic E-state index is -3.51. The van der Waals surface area contributed by atoms with E-state index in [1.165, 1.54) is 45.1 Å². The number of benzene rings is 2. The molecule has 1 aliphatic rings. The molecule has 32 heteroatoms. The normalized spacial score (nSPS) is 16.8. The van der Waals surface area contributed by atoms with Gasteiger partial charge in [-0.1, -0.05) is 97.4 Å². The van der Waals surface area contributed by atoms with E-state index in [4.69, 9.17) is 24.3 Å². The zero-order valence-electron chi connectivity index (χ0n) is 59.7. The lowest BCUT2D eigenvalue weighted by atomic mass is 9.89. The Morgan fingerprint density at radius 1 is 0.707 bits per heavy atom. The SMILES string of the molecule is CCOP(=O)(Cc1nnc(CCC(=O)N[C@@H](C)C(=O)N[C@@H](C)C(=O)N[C@@H](CC(N)=O)C(=O)Nc2ccc(CCN(C(=O)O)[C@H](C(=O)N[C@H](C(=O)N(C)[C@@H]([C@@H](C)CC)[C@@H](CC(=O)N3CCC[C@H]3[C@H](OC)[C@@H](C)C(=O)N[C@H](C)[C@@H](O)c3ccccc3)OC)C(C)C)C(C)C)cc2)nn1)OCC. The average molecular weight is 1410 g/mol. The van der Waals surface area contributed by atoms with Crippen LogP contribution in [0.4, 0.5) is 10.5 Å². The molecule has 1 fully saturated rings. The minimum absolute atomic E-state index is 0.0118. The molecular weight excluding hydrogens is 1300 g/mol. The van der Waals surface area contributed by atoms with Gasteiger partial charge < -0.3 is 76.2 Å². The third-order valence-corrected chi connectivity index (χ3v) is 19.5. The van der Waals surface area contributed by atoms with E-state index in [1.54, 1.807) is 104 Å². The van der Waals surface area contributed by atoms with Crippen LogP contribution in [0.3, 0.4) is 0 Å². The number of carbonyl (C=O) groups is 10. The number of hydrogen-bond acceptors (Lipinski definition) is 20. The Bertz CT molecular complexity index is 3200. The summed E-state index contributed by atoms with van der Waals surface area (Å²) in [6, 6.07) is 7.17. The van der Waals surface area contributed by atoms with Crippen molar-refractivity contribution in [1.29, 1.82) is 0 Å². The van der Waals surface area contributed by atoms with Crippen molar-refractivity contribution in [3.63, 3.8) is 0 Å². The number of amides is 10. The van der Waals surface area contributed by atoms with Gasteiger partial charge in [-0.2, -0.15) is 0 Å². The molecule has 0 unspecified atom stereocenters. The maximum Gasteiger partial charge on any atom is 0.407 e. The number of rotatable bonds is 41. The van der Waals surface area contributed by atoms with Gasteiger partial charge in [0.15, 0.2) is 11.6 Å². The molecular formula is C67H105N14O17P. The number of ether oxygens (including phenoxy) is 2. The second kappa shape index (κ2) is 40.2. The zero-order chi connectivity index (χ0) is 74.0. The number of nitrogens with one attached hydrogen (secondary N) is 6. The fourth-order valence-electron chi connectivity index (χ4n) is 11.9. The van der Waals surface area contributed by atoms with Crippen LogP contribution in [-0.4, -0.2) is 213 Å². The summed E-state index contributed by atoms with van der Waals surface area (Å²) in [6.45, 7) is 20.8. The summed E-state index contributed by atoms with van der Waals surface area (Å²) in [7, 11) is 1.07. The molecule has 550 valence electrons. The first-order chi connectivity index (χ1) is 46.7. The number of aryl methyl sites for hydroxylation is 1. The standard InChI is InChI=1S/C67H105N14O17P/c1-16-40(8)58(50(95-14)36-55(84)80-33-22-25-49(80)60(96-15)41(9)61(86)70-42(10)59(85)46-23-20-19-21-24-46)79(13)66(91)56(38(4)5)74-65(90)57(39(6)7)81(67(92)93)34-32-45-26-28-47(29-27-45)72-64(89)48(35-51(68)82)73-63(88)44(12)71-62(87)43(11)69-54(83)31-30-52-75-77-53(78-76-52)37-99(94,97-17-2)98-18-3/h19-21,23-24,26-29,38-44,48-50,56-60,85H,16-18,22,25,30-37H2,1-15H3,(H2,68,82)(H,69,83)(H,70,86)(H,71,87)(H,72,89)(H,73,88)(H,74,90)(H,92,93)/t40-,41+,42+,43-,44-,48-,49-,50+,56-,57-,58-,59+,60+/m0/s1. The molecule has 0 bridgehead atoms. The highest BCUT2D eigenvalue weighted by atomic mass is 31.2. The molecule has 2 heterocycles. The molecule has 1 aromatic heterocycles. The molecule has 0 aliphatic carbocycles. The molecule has 10 amide bonds. The van der Waals surface area contributed by atoms with Gasteiger partial charge in [0.25, 0.3) is 0 Å². The van der Waals surface area contributed by atoms with Crippen LogP contribution in [-0.2, 0) is 85.2 Å². The highest BCUT2D eigenvalue weighted by Gasteiger charge is 2.44. The van der Waals surface area contributed by atoms with Crippen molar-refractivity contribution in [1.82, 2.24) is 61.7 Å². The fraction of sp³-hybridized carbons (Fsp3) is 0.642. The smallest absolute Gasteiger partial charge is 0.407 e. The first-order valence-electron chi connectivity index (χ1n) is 33.7. The molecule has 4 rings (SSSR count). The quantitative estimate of drug-likeness (QED) is 0.0365. The van der Waals surface area contributed by atoms with E-state index in [1.807, 2.05) is 19.9 Å². The Morgan fingerprint density at radius 2 is 1.30 bits per heavy atom. The molecule has 0 spiro atoms. The fourth-order valence-corrected chi connectivity index (χ4v) is 13.4. The average Bonchev–Trinajstić information content (AvgIpc) is 1.80.